The van der Waals surface area contributed by atoms with Crippen LogP contribution in [0.5, 0.6) is 0 Å². The Bertz CT molecular complexity index is 677. The van der Waals surface area contributed by atoms with Crippen molar-refractivity contribution in [2.24, 2.45) is 0 Å². The van der Waals surface area contributed by atoms with Crippen molar-refractivity contribution in [2.75, 3.05) is 0 Å². The Labute approximate surface area is 120 Å². The molecule has 0 saturated carbocycles. The van der Waals surface area contributed by atoms with E-state index in [0.717, 1.165) is 0 Å². The van der Waals surface area contributed by atoms with Crippen LogP contribution in [0.4, 0.5) is 0 Å². The fourth-order valence-corrected chi connectivity index (χ4v) is 2.17. The number of hydrogen-bond acceptors (Lipinski definition) is 4. The first-order chi connectivity index (χ1) is 9.68. The normalized spacial score (nSPS) is 13.3. The molecule has 0 atom stereocenters. The van der Waals surface area contributed by atoms with Crippen molar-refractivity contribution in [3.05, 3.63) is 71.3 Å². The summed E-state index contributed by atoms with van der Waals surface area (Å²) >= 11 is 5.11. The Kier molecular flexibility index (Phi) is 3.04. The predicted octanol–water partition coefficient (Wildman–Crippen LogP) is 2.59. The molecule has 0 bridgehead atoms. The molecule has 0 fully saturated rings. The number of carbonyl (C=O) groups excluding carboxylic acids is 2. The Morgan fingerprint density at radius 3 is 1.90 bits per heavy atom. The van der Waals surface area contributed by atoms with Crippen molar-refractivity contribution in [3.63, 3.8) is 0 Å². The minimum atomic E-state index is -0.496. The predicted molar refractivity (Wildman–Crippen MR) is 76.2 cm³/mol. The molecule has 0 radical (unpaired) electrons. The van der Waals surface area contributed by atoms with Crippen molar-refractivity contribution in [3.8, 4) is 0 Å². The van der Waals surface area contributed by atoms with Gasteiger partial charge in [0, 0.05) is 5.56 Å². The highest BCUT2D eigenvalue weighted by molar-refractivity contribution is 7.80. The average molecular weight is 283 g/mol. The molecule has 0 N–H and O–H groups in total. The zero-order chi connectivity index (χ0) is 14.1. The van der Waals surface area contributed by atoms with Gasteiger partial charge in [-0.25, -0.2) is 0 Å². The summed E-state index contributed by atoms with van der Waals surface area (Å²) in [6.45, 7) is 0. The number of fused-ring (bicyclic) bond motifs is 1. The quantitative estimate of drug-likeness (QED) is 0.628. The van der Waals surface area contributed by atoms with Gasteiger partial charge in [-0.2, -0.15) is 0 Å². The third kappa shape index (κ3) is 1.98. The molecule has 20 heavy (non-hydrogen) atoms. The van der Waals surface area contributed by atoms with E-state index in [1.54, 1.807) is 48.5 Å². The standard InChI is InChI=1S/C15H9NO3S/c17-13-11-8-4-5-9-12(11)14(18)16(13)19-15(20)10-6-2-1-3-7-10/h1-9H. The summed E-state index contributed by atoms with van der Waals surface area (Å²) in [7, 11) is 0. The topological polar surface area (TPSA) is 46.6 Å². The fourth-order valence-electron chi connectivity index (χ4n) is 1.96. The number of nitrogens with zero attached hydrogens (tertiary/aromatic N) is 1. The van der Waals surface area contributed by atoms with Gasteiger partial charge in [0.05, 0.1) is 11.1 Å². The molecule has 4 nitrogen and oxygen atoms in total. The van der Waals surface area contributed by atoms with E-state index >= 15 is 0 Å². The summed E-state index contributed by atoms with van der Waals surface area (Å²) in [6, 6.07) is 15.5. The smallest absolute Gasteiger partial charge is 0.295 e. The van der Waals surface area contributed by atoms with Crippen LogP contribution in [0, 0.1) is 0 Å². The molecule has 0 spiro atoms. The Hall–Kier alpha value is -2.53. The van der Waals surface area contributed by atoms with Crippen molar-refractivity contribution in [1.29, 1.82) is 0 Å². The van der Waals surface area contributed by atoms with Crippen LogP contribution in [-0.4, -0.2) is 21.9 Å². The van der Waals surface area contributed by atoms with E-state index in [4.69, 9.17) is 17.1 Å². The Morgan fingerprint density at radius 2 is 1.35 bits per heavy atom. The van der Waals surface area contributed by atoms with Crippen molar-refractivity contribution in [1.82, 2.24) is 5.06 Å². The van der Waals surface area contributed by atoms with Gasteiger partial charge in [-0.05, 0) is 24.4 Å². The van der Waals surface area contributed by atoms with E-state index < -0.39 is 11.8 Å². The zero-order valence-electron chi connectivity index (χ0n) is 10.3. The van der Waals surface area contributed by atoms with Crippen LogP contribution in [0.15, 0.2) is 54.6 Å². The maximum atomic E-state index is 12.1. The van der Waals surface area contributed by atoms with Crippen LogP contribution in [-0.2, 0) is 4.84 Å². The highest BCUT2D eigenvalue weighted by Gasteiger charge is 2.38. The molecule has 2 amide bonds. The molecule has 2 aromatic rings. The molecule has 1 heterocycles. The minimum absolute atomic E-state index is 0.0834. The van der Waals surface area contributed by atoms with Gasteiger partial charge in [-0.15, -0.1) is 0 Å². The van der Waals surface area contributed by atoms with Crippen LogP contribution < -0.4 is 0 Å². The van der Waals surface area contributed by atoms with E-state index in [9.17, 15) is 9.59 Å². The van der Waals surface area contributed by atoms with E-state index in [0.29, 0.717) is 21.8 Å². The van der Waals surface area contributed by atoms with E-state index in [1.807, 2.05) is 6.07 Å². The second-order valence-corrected chi connectivity index (χ2v) is 4.57. The molecule has 2 aromatic carbocycles. The highest BCUT2D eigenvalue weighted by Crippen LogP contribution is 2.23. The number of imide groups is 1. The Balaban J connectivity index is 1.86. The SMILES string of the molecule is O=C1c2ccccc2C(=O)N1OC(=S)c1ccccc1. The van der Waals surface area contributed by atoms with E-state index in [2.05, 4.69) is 0 Å². The van der Waals surface area contributed by atoms with Crippen LogP contribution in [0.2, 0.25) is 0 Å². The van der Waals surface area contributed by atoms with E-state index in [-0.39, 0.29) is 5.05 Å². The molecule has 0 unspecified atom stereocenters. The van der Waals surface area contributed by atoms with Gasteiger partial charge >= 0.3 is 0 Å². The summed E-state index contributed by atoms with van der Waals surface area (Å²) in [5, 5.41) is 0.792. The van der Waals surface area contributed by atoms with Crippen LogP contribution >= 0.6 is 12.2 Å². The first kappa shape index (κ1) is 12.5. The average Bonchev–Trinajstić information content (AvgIpc) is 2.74. The van der Waals surface area contributed by atoms with Crippen LogP contribution in [0.3, 0.4) is 0 Å². The number of rotatable bonds is 2. The molecular weight excluding hydrogens is 274 g/mol. The number of benzene rings is 2. The molecule has 0 aromatic heterocycles. The number of hydrogen-bond donors (Lipinski definition) is 0. The van der Waals surface area contributed by atoms with Gasteiger partial charge in [-0.3, -0.25) is 9.59 Å². The van der Waals surface area contributed by atoms with Crippen LogP contribution in [0.1, 0.15) is 26.3 Å². The number of amides is 2. The van der Waals surface area contributed by atoms with Gasteiger partial charge in [0.25, 0.3) is 11.8 Å². The maximum Gasteiger partial charge on any atom is 0.295 e. The maximum absolute atomic E-state index is 12.1. The zero-order valence-corrected chi connectivity index (χ0v) is 11.1. The largest absolute Gasteiger partial charge is 0.356 e. The van der Waals surface area contributed by atoms with Gasteiger partial charge < -0.3 is 4.84 Å². The molecule has 5 heteroatoms. The second-order valence-electron chi connectivity index (χ2n) is 4.20. The van der Waals surface area contributed by atoms with Gasteiger partial charge in [-0.1, -0.05) is 47.5 Å². The van der Waals surface area contributed by atoms with E-state index in [1.165, 1.54) is 0 Å². The summed E-state index contributed by atoms with van der Waals surface area (Å²) in [5.74, 6) is -0.993. The summed E-state index contributed by atoms with van der Waals surface area (Å²) < 4.78 is 0. The van der Waals surface area contributed by atoms with Crippen molar-refractivity contribution >= 4 is 29.1 Å². The molecular formula is C15H9NO3S. The minimum Gasteiger partial charge on any atom is -0.356 e. The third-order valence-corrected chi connectivity index (χ3v) is 3.25. The molecule has 98 valence electrons. The van der Waals surface area contributed by atoms with Crippen LogP contribution in [0.25, 0.3) is 0 Å². The molecule has 3 rings (SSSR count). The first-order valence-corrected chi connectivity index (χ1v) is 6.34. The lowest BCUT2D eigenvalue weighted by molar-refractivity contribution is -0.0197. The Morgan fingerprint density at radius 1 is 0.850 bits per heavy atom. The number of thiocarbonyl (C=S) groups is 1. The molecule has 1 aliphatic rings. The summed E-state index contributed by atoms with van der Waals surface area (Å²) in [5.41, 5.74) is 1.29. The van der Waals surface area contributed by atoms with Gasteiger partial charge in [0.1, 0.15) is 0 Å². The lowest BCUT2D eigenvalue weighted by Crippen LogP contribution is -2.32. The second kappa shape index (κ2) is 4.86. The lowest BCUT2D eigenvalue weighted by atomic mass is 10.1. The van der Waals surface area contributed by atoms with Gasteiger partial charge in [0.2, 0.25) is 5.05 Å². The first-order valence-electron chi connectivity index (χ1n) is 5.93. The fraction of sp³-hybridized carbons (Fsp3) is 0. The third-order valence-electron chi connectivity index (χ3n) is 2.94. The monoisotopic (exact) mass is 283 g/mol. The number of hydroxylamine groups is 2. The summed E-state index contributed by atoms with van der Waals surface area (Å²) in [6.07, 6.45) is 0. The molecule has 0 aliphatic carbocycles. The lowest BCUT2D eigenvalue weighted by Gasteiger charge is -2.14. The van der Waals surface area contributed by atoms with Crippen molar-refractivity contribution < 1.29 is 14.4 Å². The highest BCUT2D eigenvalue weighted by atomic mass is 32.1. The molecule has 0 saturated heterocycles. The number of carbonyl (C=O) groups is 2. The molecule has 1 aliphatic heterocycles. The van der Waals surface area contributed by atoms with Crippen molar-refractivity contribution in [2.45, 2.75) is 0 Å². The van der Waals surface area contributed by atoms with Gasteiger partial charge in [0.15, 0.2) is 0 Å². The summed E-state index contributed by atoms with van der Waals surface area (Å²) in [4.78, 5) is 29.5.